The van der Waals surface area contributed by atoms with Gasteiger partial charge in [0, 0.05) is 11.3 Å². The molecule has 0 spiro atoms. The molecule has 0 bridgehead atoms. The number of hydrogen-bond donors (Lipinski definition) is 1. The van der Waals surface area contributed by atoms with Gasteiger partial charge in [0.1, 0.15) is 5.82 Å². The Balaban J connectivity index is 1.65. The molecule has 7 heteroatoms. The van der Waals surface area contributed by atoms with Crippen molar-refractivity contribution >= 4 is 28.6 Å². The Bertz CT molecular complexity index is 1390. The van der Waals surface area contributed by atoms with Crippen LogP contribution in [0.1, 0.15) is 35.5 Å². The normalized spacial score (nSPS) is 16.1. The summed E-state index contributed by atoms with van der Waals surface area (Å²) in [6.07, 6.45) is 0. The second kappa shape index (κ2) is 8.83. The summed E-state index contributed by atoms with van der Waals surface area (Å²) >= 11 is 5.72. The van der Waals surface area contributed by atoms with E-state index in [9.17, 15) is 4.39 Å². The largest absolute Gasteiger partial charge is 0.351 e. The van der Waals surface area contributed by atoms with E-state index in [4.69, 9.17) is 21.7 Å². The van der Waals surface area contributed by atoms with E-state index in [2.05, 4.69) is 34.7 Å². The van der Waals surface area contributed by atoms with Crippen molar-refractivity contribution in [1.29, 1.82) is 0 Å². The first kappa shape index (κ1) is 22.0. The molecule has 2 heterocycles. The Morgan fingerprint density at radius 2 is 1.62 bits per heavy atom. The summed E-state index contributed by atoms with van der Waals surface area (Å²) in [6.45, 7) is 6.01. The van der Waals surface area contributed by atoms with Crippen molar-refractivity contribution in [2.45, 2.75) is 26.8 Å². The Morgan fingerprint density at radius 3 is 2.29 bits per heavy atom. The van der Waals surface area contributed by atoms with Crippen LogP contribution in [-0.4, -0.2) is 15.3 Å². The van der Waals surface area contributed by atoms with Gasteiger partial charge in [0.15, 0.2) is 5.11 Å². The van der Waals surface area contributed by atoms with Crippen molar-refractivity contribution in [3.8, 4) is 11.4 Å². The molecule has 1 unspecified atom stereocenters. The average molecular weight is 471 g/mol. The van der Waals surface area contributed by atoms with Crippen LogP contribution in [0.5, 0.6) is 0 Å². The smallest absolute Gasteiger partial charge is 0.258 e. The number of nitrogens with zero attached hydrogens (tertiary/aromatic N) is 3. The van der Waals surface area contributed by atoms with E-state index in [1.807, 2.05) is 51.1 Å². The first-order chi connectivity index (χ1) is 16.4. The highest BCUT2D eigenvalue weighted by Gasteiger charge is 2.34. The zero-order valence-electron chi connectivity index (χ0n) is 19.0. The van der Waals surface area contributed by atoms with Crippen molar-refractivity contribution in [3.63, 3.8) is 0 Å². The summed E-state index contributed by atoms with van der Waals surface area (Å²) < 4.78 is 19.8. The maximum absolute atomic E-state index is 14.0. The number of aromatic nitrogens is 2. The highest BCUT2D eigenvalue weighted by Crippen LogP contribution is 2.39. The molecule has 4 aromatic rings. The number of halogens is 1. The zero-order valence-corrected chi connectivity index (χ0v) is 19.9. The van der Waals surface area contributed by atoms with Gasteiger partial charge in [0.2, 0.25) is 5.82 Å². The summed E-state index contributed by atoms with van der Waals surface area (Å²) in [7, 11) is 0. The molecule has 5 nitrogen and oxygen atoms in total. The molecule has 0 saturated heterocycles. The molecule has 0 aliphatic carbocycles. The molecule has 5 rings (SSSR count). The van der Waals surface area contributed by atoms with Crippen LogP contribution < -0.4 is 10.2 Å². The Kier molecular flexibility index (Phi) is 5.71. The van der Waals surface area contributed by atoms with E-state index >= 15 is 0 Å². The summed E-state index contributed by atoms with van der Waals surface area (Å²) in [4.78, 5) is 6.53. The molecule has 3 aromatic carbocycles. The fourth-order valence-electron chi connectivity index (χ4n) is 4.11. The highest BCUT2D eigenvalue weighted by molar-refractivity contribution is 7.80. The van der Waals surface area contributed by atoms with Gasteiger partial charge < -0.3 is 9.84 Å². The van der Waals surface area contributed by atoms with Gasteiger partial charge in [0.25, 0.3) is 5.89 Å². The minimum absolute atomic E-state index is 0.302. The van der Waals surface area contributed by atoms with Crippen molar-refractivity contribution < 1.29 is 8.91 Å². The maximum Gasteiger partial charge on any atom is 0.258 e. The van der Waals surface area contributed by atoms with Crippen LogP contribution >= 0.6 is 12.2 Å². The van der Waals surface area contributed by atoms with Gasteiger partial charge in [-0.2, -0.15) is 4.98 Å². The van der Waals surface area contributed by atoms with E-state index in [-0.39, 0.29) is 11.9 Å². The van der Waals surface area contributed by atoms with Gasteiger partial charge in [-0.3, -0.25) is 4.90 Å². The van der Waals surface area contributed by atoms with Crippen LogP contribution in [0.15, 0.2) is 83.0 Å². The lowest BCUT2D eigenvalue weighted by atomic mass is 9.94. The van der Waals surface area contributed by atoms with Crippen molar-refractivity contribution in [2.75, 3.05) is 4.90 Å². The van der Waals surface area contributed by atoms with E-state index in [1.54, 1.807) is 11.0 Å². The molecule has 1 aliphatic heterocycles. The van der Waals surface area contributed by atoms with Crippen LogP contribution in [0.25, 0.3) is 17.0 Å². The third-order valence-corrected chi connectivity index (χ3v) is 6.23. The third-order valence-electron chi connectivity index (χ3n) is 5.93. The molecule has 0 fully saturated rings. The second-order valence-electron chi connectivity index (χ2n) is 8.40. The van der Waals surface area contributed by atoms with E-state index in [0.717, 1.165) is 33.5 Å². The highest BCUT2D eigenvalue weighted by atomic mass is 32.1. The first-order valence-corrected chi connectivity index (χ1v) is 11.4. The number of nitrogens with one attached hydrogen (secondary N) is 1. The first-order valence-electron chi connectivity index (χ1n) is 11.0. The lowest BCUT2D eigenvalue weighted by Crippen LogP contribution is -2.46. The van der Waals surface area contributed by atoms with Gasteiger partial charge in [-0.15, -0.1) is 0 Å². The molecule has 1 aromatic heterocycles. The number of allylic oxidation sites excluding steroid dienone is 1. The molecule has 170 valence electrons. The van der Waals surface area contributed by atoms with E-state index in [1.165, 1.54) is 12.1 Å². The van der Waals surface area contributed by atoms with Crippen LogP contribution in [0.4, 0.5) is 10.1 Å². The molecule has 1 N–H and O–H groups in total. The third kappa shape index (κ3) is 4.10. The SMILES string of the molecule is CC1=C(c2nc(-c3ccc(C)cc3)no2)C(c2ccc(C)cc2)NC(=S)N1c1cccc(F)c1. The van der Waals surface area contributed by atoms with Crippen LogP contribution in [0.3, 0.4) is 0 Å². The number of aryl methyl sites for hydroxylation is 2. The number of rotatable bonds is 4. The van der Waals surface area contributed by atoms with Gasteiger partial charge in [-0.05, 0) is 56.8 Å². The fraction of sp³-hybridized carbons (Fsp3) is 0.148. The quantitative estimate of drug-likeness (QED) is 0.350. The number of thiocarbonyl (C=S) groups is 1. The monoisotopic (exact) mass is 470 g/mol. The summed E-state index contributed by atoms with van der Waals surface area (Å²) in [6, 6.07) is 22.2. The van der Waals surface area contributed by atoms with Gasteiger partial charge in [0.05, 0.1) is 17.3 Å². The molecule has 0 amide bonds. The van der Waals surface area contributed by atoms with Crippen molar-refractivity contribution in [1.82, 2.24) is 15.5 Å². The van der Waals surface area contributed by atoms with E-state index in [0.29, 0.717) is 22.5 Å². The Labute approximate surface area is 202 Å². The van der Waals surface area contributed by atoms with Crippen LogP contribution in [0.2, 0.25) is 0 Å². The minimum atomic E-state index is -0.338. The fourth-order valence-corrected chi connectivity index (χ4v) is 4.47. The lowest BCUT2D eigenvalue weighted by Gasteiger charge is -2.37. The maximum atomic E-state index is 14.0. The number of benzene rings is 3. The van der Waals surface area contributed by atoms with E-state index < -0.39 is 0 Å². The molecule has 0 saturated carbocycles. The molecule has 0 radical (unpaired) electrons. The summed E-state index contributed by atoms with van der Waals surface area (Å²) in [5.74, 6) is 0.549. The van der Waals surface area contributed by atoms with Gasteiger partial charge in [-0.1, -0.05) is 70.9 Å². The minimum Gasteiger partial charge on any atom is -0.351 e. The van der Waals surface area contributed by atoms with Crippen LogP contribution in [0, 0.1) is 19.7 Å². The van der Waals surface area contributed by atoms with Crippen LogP contribution in [-0.2, 0) is 0 Å². The Morgan fingerprint density at radius 1 is 0.941 bits per heavy atom. The topological polar surface area (TPSA) is 54.2 Å². The summed E-state index contributed by atoms with van der Waals surface area (Å²) in [5, 5.41) is 8.11. The molecular weight excluding hydrogens is 447 g/mol. The second-order valence-corrected chi connectivity index (χ2v) is 8.78. The molecular formula is C27H23FN4OS. The predicted molar refractivity (Wildman–Crippen MR) is 136 cm³/mol. The average Bonchev–Trinajstić information content (AvgIpc) is 3.29. The molecule has 1 atom stereocenters. The van der Waals surface area contributed by atoms with Gasteiger partial charge in [-0.25, -0.2) is 4.39 Å². The molecule has 34 heavy (non-hydrogen) atoms. The van der Waals surface area contributed by atoms with Gasteiger partial charge >= 0.3 is 0 Å². The number of hydrogen-bond acceptors (Lipinski definition) is 4. The Hall–Kier alpha value is -3.84. The predicted octanol–water partition coefficient (Wildman–Crippen LogP) is 6.36. The summed E-state index contributed by atoms with van der Waals surface area (Å²) in [5.41, 5.74) is 6.38. The standard InChI is InChI=1S/C27H23FN4OS/c1-16-7-11-19(12-8-16)24-23(26-30-25(31-33-26)20-13-9-17(2)10-14-20)18(3)32(27(34)29-24)22-6-4-5-21(28)15-22/h4-15,24H,1-3H3,(H,29,34). The zero-order chi connectivity index (χ0) is 23.8. The van der Waals surface area contributed by atoms with Crippen molar-refractivity contribution in [2.24, 2.45) is 0 Å². The lowest BCUT2D eigenvalue weighted by molar-refractivity contribution is 0.404. The molecule has 1 aliphatic rings. The number of anilines is 1. The van der Waals surface area contributed by atoms with Crippen molar-refractivity contribution in [3.05, 3.63) is 107 Å².